The summed E-state index contributed by atoms with van der Waals surface area (Å²) in [5, 5.41) is 2.96. The Hall–Kier alpha value is -2.69. The molecule has 2 aromatic rings. The van der Waals surface area contributed by atoms with E-state index in [0.717, 1.165) is 41.0 Å². The average molecular weight is 307 g/mol. The fourth-order valence-electron chi connectivity index (χ4n) is 2.87. The molecule has 116 valence electrons. The molecule has 1 aromatic heterocycles. The predicted molar refractivity (Wildman–Crippen MR) is 87.9 cm³/mol. The highest BCUT2D eigenvalue weighted by Crippen LogP contribution is 2.42. The maximum absolute atomic E-state index is 12.0. The van der Waals surface area contributed by atoms with Crippen molar-refractivity contribution in [3.63, 3.8) is 0 Å². The van der Waals surface area contributed by atoms with Crippen LogP contribution >= 0.6 is 0 Å². The predicted octanol–water partition coefficient (Wildman–Crippen LogP) is 2.87. The Morgan fingerprint density at radius 2 is 2.17 bits per heavy atom. The standard InChI is InChI=1S/C18H17N3O2/c1-23-15-7-6-13(12-3-2-8-19-10-12)17-14(15)9-16(20-17)21-18(22)11-4-5-11/h2-3,6-8,10-11H,4-5,9H2,1H3,(H,20,21,22). The molecule has 1 aliphatic carbocycles. The summed E-state index contributed by atoms with van der Waals surface area (Å²) in [5.74, 6) is 1.75. The Balaban J connectivity index is 1.72. The first-order chi connectivity index (χ1) is 11.3. The zero-order valence-electron chi connectivity index (χ0n) is 12.9. The van der Waals surface area contributed by atoms with Crippen LogP contribution in [0.3, 0.4) is 0 Å². The number of hydrogen-bond acceptors (Lipinski definition) is 4. The molecular formula is C18H17N3O2. The first-order valence-electron chi connectivity index (χ1n) is 7.75. The highest BCUT2D eigenvalue weighted by molar-refractivity contribution is 6.06. The van der Waals surface area contributed by atoms with Crippen LogP contribution < -0.4 is 10.1 Å². The number of carbonyl (C=O) groups excluding carboxylic acids is 1. The van der Waals surface area contributed by atoms with Gasteiger partial charge >= 0.3 is 0 Å². The van der Waals surface area contributed by atoms with Crippen LogP contribution in [0.1, 0.15) is 18.4 Å². The molecule has 4 rings (SSSR count). The molecule has 0 bridgehead atoms. The number of ether oxygens (including phenoxy) is 1. The number of pyridine rings is 1. The minimum atomic E-state index is 0.0819. The van der Waals surface area contributed by atoms with E-state index < -0.39 is 0 Å². The lowest BCUT2D eigenvalue weighted by molar-refractivity contribution is -0.120. The molecule has 23 heavy (non-hydrogen) atoms. The van der Waals surface area contributed by atoms with E-state index in [1.807, 2.05) is 30.5 Å². The minimum Gasteiger partial charge on any atom is -0.496 e. The molecule has 2 aliphatic rings. The monoisotopic (exact) mass is 307 g/mol. The second-order valence-electron chi connectivity index (χ2n) is 5.88. The van der Waals surface area contributed by atoms with Gasteiger partial charge in [0.05, 0.1) is 12.8 Å². The lowest BCUT2D eigenvalue weighted by atomic mass is 10.0. The summed E-state index contributed by atoms with van der Waals surface area (Å²) < 4.78 is 5.46. The van der Waals surface area contributed by atoms with Crippen LogP contribution in [-0.4, -0.2) is 23.8 Å². The molecule has 1 fully saturated rings. The molecule has 5 heteroatoms. The number of aromatic nitrogens is 1. The summed E-state index contributed by atoms with van der Waals surface area (Å²) in [5.41, 5.74) is 3.89. The number of hydrogen-bond donors (Lipinski definition) is 1. The van der Waals surface area contributed by atoms with Crippen molar-refractivity contribution in [3.05, 3.63) is 42.2 Å². The summed E-state index contributed by atoms with van der Waals surface area (Å²) in [6.07, 6.45) is 6.12. The smallest absolute Gasteiger partial charge is 0.228 e. The van der Waals surface area contributed by atoms with Crippen LogP contribution in [0.5, 0.6) is 5.75 Å². The third-order valence-corrected chi connectivity index (χ3v) is 4.24. The Morgan fingerprint density at radius 3 is 2.87 bits per heavy atom. The molecule has 1 N–H and O–H groups in total. The van der Waals surface area contributed by atoms with Crippen LogP contribution in [0.2, 0.25) is 0 Å². The van der Waals surface area contributed by atoms with Gasteiger partial charge in [0.2, 0.25) is 5.91 Å². The van der Waals surface area contributed by atoms with Gasteiger partial charge in [-0.1, -0.05) is 6.07 Å². The topological polar surface area (TPSA) is 63.6 Å². The average Bonchev–Trinajstić information content (AvgIpc) is 3.35. The van der Waals surface area contributed by atoms with E-state index >= 15 is 0 Å². The molecule has 1 saturated carbocycles. The molecular weight excluding hydrogens is 290 g/mol. The van der Waals surface area contributed by atoms with E-state index in [4.69, 9.17) is 4.74 Å². The van der Waals surface area contributed by atoms with Gasteiger partial charge in [0, 0.05) is 41.4 Å². The lowest BCUT2D eigenvalue weighted by Gasteiger charge is -2.10. The number of methoxy groups -OCH3 is 1. The van der Waals surface area contributed by atoms with Gasteiger partial charge in [-0.25, -0.2) is 4.99 Å². The van der Waals surface area contributed by atoms with Gasteiger partial charge < -0.3 is 10.1 Å². The minimum absolute atomic E-state index is 0.0819. The van der Waals surface area contributed by atoms with Crippen molar-refractivity contribution in [2.24, 2.45) is 10.9 Å². The van der Waals surface area contributed by atoms with Crippen LogP contribution in [0.4, 0.5) is 5.69 Å². The first-order valence-corrected chi connectivity index (χ1v) is 7.75. The molecule has 1 aromatic carbocycles. The molecule has 0 spiro atoms. The Kier molecular flexibility index (Phi) is 3.33. The third kappa shape index (κ3) is 2.59. The van der Waals surface area contributed by atoms with Gasteiger partial charge in [-0.05, 0) is 31.0 Å². The van der Waals surface area contributed by atoms with Gasteiger partial charge in [-0.3, -0.25) is 9.78 Å². The largest absolute Gasteiger partial charge is 0.496 e. The van der Waals surface area contributed by atoms with Gasteiger partial charge in [0.25, 0.3) is 0 Å². The second-order valence-corrected chi connectivity index (χ2v) is 5.88. The molecule has 2 heterocycles. The van der Waals surface area contributed by atoms with Gasteiger partial charge in [0.1, 0.15) is 11.6 Å². The van der Waals surface area contributed by atoms with Gasteiger partial charge in [-0.15, -0.1) is 0 Å². The van der Waals surface area contributed by atoms with Crippen molar-refractivity contribution in [2.45, 2.75) is 19.3 Å². The van der Waals surface area contributed by atoms with Crippen molar-refractivity contribution in [1.29, 1.82) is 0 Å². The SMILES string of the molecule is COc1ccc(-c2cccnc2)c2c1CC(NC(=O)C1CC1)=N2. The maximum Gasteiger partial charge on any atom is 0.228 e. The van der Waals surface area contributed by atoms with E-state index in [2.05, 4.69) is 15.3 Å². The van der Waals surface area contributed by atoms with Crippen molar-refractivity contribution in [1.82, 2.24) is 10.3 Å². The van der Waals surface area contributed by atoms with E-state index in [9.17, 15) is 4.79 Å². The lowest BCUT2D eigenvalue weighted by Crippen LogP contribution is -2.31. The van der Waals surface area contributed by atoms with Gasteiger partial charge in [-0.2, -0.15) is 0 Å². The number of benzene rings is 1. The molecule has 0 radical (unpaired) electrons. The van der Waals surface area contributed by atoms with E-state index in [0.29, 0.717) is 12.3 Å². The Bertz CT molecular complexity index is 795. The van der Waals surface area contributed by atoms with Crippen LogP contribution in [0, 0.1) is 5.92 Å². The van der Waals surface area contributed by atoms with Gasteiger partial charge in [0.15, 0.2) is 0 Å². The van der Waals surface area contributed by atoms with Crippen molar-refractivity contribution >= 4 is 17.4 Å². The van der Waals surface area contributed by atoms with Crippen molar-refractivity contribution in [2.75, 3.05) is 7.11 Å². The summed E-state index contributed by atoms with van der Waals surface area (Å²) in [4.78, 5) is 20.8. The number of amides is 1. The number of carbonyl (C=O) groups is 1. The van der Waals surface area contributed by atoms with Crippen molar-refractivity contribution in [3.8, 4) is 16.9 Å². The molecule has 0 atom stereocenters. The van der Waals surface area contributed by atoms with E-state index in [-0.39, 0.29) is 11.8 Å². The molecule has 0 unspecified atom stereocenters. The number of fused-ring (bicyclic) bond motifs is 1. The maximum atomic E-state index is 12.0. The highest BCUT2D eigenvalue weighted by atomic mass is 16.5. The van der Waals surface area contributed by atoms with E-state index in [1.54, 1.807) is 13.3 Å². The molecule has 5 nitrogen and oxygen atoms in total. The summed E-state index contributed by atoms with van der Waals surface area (Å²) in [7, 11) is 1.65. The number of nitrogens with zero attached hydrogens (tertiary/aromatic N) is 2. The van der Waals surface area contributed by atoms with E-state index in [1.165, 1.54) is 0 Å². The number of aliphatic imine (C=N–C) groups is 1. The van der Waals surface area contributed by atoms with Crippen LogP contribution in [-0.2, 0) is 11.2 Å². The zero-order valence-corrected chi connectivity index (χ0v) is 12.9. The third-order valence-electron chi connectivity index (χ3n) is 4.24. The Labute approximate surface area is 134 Å². The number of rotatable bonds is 3. The van der Waals surface area contributed by atoms with Crippen molar-refractivity contribution < 1.29 is 9.53 Å². The number of nitrogens with one attached hydrogen (secondary N) is 1. The normalized spacial score (nSPS) is 15.8. The van der Waals surface area contributed by atoms with Crippen LogP contribution in [0.25, 0.3) is 11.1 Å². The highest BCUT2D eigenvalue weighted by Gasteiger charge is 2.32. The first kappa shape index (κ1) is 13.9. The quantitative estimate of drug-likeness (QED) is 0.948. The number of amidine groups is 1. The summed E-state index contributed by atoms with van der Waals surface area (Å²) >= 11 is 0. The fraction of sp³-hybridized carbons (Fsp3) is 0.278. The molecule has 0 saturated heterocycles. The second kappa shape index (κ2) is 5.50. The fourth-order valence-corrected chi connectivity index (χ4v) is 2.87. The Morgan fingerprint density at radius 1 is 1.30 bits per heavy atom. The molecule has 1 aliphatic heterocycles. The summed E-state index contributed by atoms with van der Waals surface area (Å²) in [6, 6.07) is 7.85. The molecule has 1 amide bonds. The van der Waals surface area contributed by atoms with Crippen LogP contribution in [0.15, 0.2) is 41.7 Å². The summed E-state index contributed by atoms with van der Waals surface area (Å²) in [6.45, 7) is 0. The zero-order chi connectivity index (χ0) is 15.8.